The van der Waals surface area contributed by atoms with Crippen LogP contribution >= 0.6 is 11.3 Å². The molecule has 0 aliphatic carbocycles. The van der Waals surface area contributed by atoms with Gasteiger partial charge in [-0.15, -0.1) is 0 Å². The summed E-state index contributed by atoms with van der Waals surface area (Å²) in [6.45, 7) is 0. The van der Waals surface area contributed by atoms with E-state index in [9.17, 15) is 14.0 Å². The van der Waals surface area contributed by atoms with Gasteiger partial charge >= 0.3 is 0 Å². The minimum atomic E-state index is -0.621. The summed E-state index contributed by atoms with van der Waals surface area (Å²) in [4.78, 5) is 30.4. The first-order valence-electron chi connectivity index (χ1n) is 9.71. The zero-order chi connectivity index (χ0) is 22.1. The minimum absolute atomic E-state index is 0.0736. The SMILES string of the molecule is O=C(Nc1nc2ccc(F)cc2s1)c1c(-c2ccccc2)c(-c2ccccc2)n[nH]c1=O. The highest BCUT2D eigenvalue weighted by Crippen LogP contribution is 2.32. The molecule has 5 aromatic rings. The number of fused-ring (bicyclic) bond motifs is 1. The summed E-state index contributed by atoms with van der Waals surface area (Å²) in [6.07, 6.45) is 0. The molecule has 0 unspecified atom stereocenters. The van der Waals surface area contributed by atoms with Crippen molar-refractivity contribution in [3.05, 3.63) is 101 Å². The van der Waals surface area contributed by atoms with Crippen LogP contribution in [-0.2, 0) is 0 Å². The van der Waals surface area contributed by atoms with Crippen LogP contribution in [0.25, 0.3) is 32.6 Å². The van der Waals surface area contributed by atoms with Crippen molar-refractivity contribution in [2.75, 3.05) is 5.32 Å². The lowest BCUT2D eigenvalue weighted by atomic mass is 9.95. The number of H-pyrrole nitrogens is 1. The molecule has 2 heterocycles. The Labute approximate surface area is 185 Å². The molecule has 0 bridgehead atoms. The molecule has 0 fully saturated rings. The van der Waals surface area contributed by atoms with Gasteiger partial charge < -0.3 is 0 Å². The van der Waals surface area contributed by atoms with Crippen molar-refractivity contribution in [3.63, 3.8) is 0 Å². The monoisotopic (exact) mass is 442 g/mol. The van der Waals surface area contributed by atoms with Crippen LogP contribution in [-0.4, -0.2) is 21.1 Å². The van der Waals surface area contributed by atoms with Crippen LogP contribution in [0.1, 0.15) is 10.4 Å². The molecule has 32 heavy (non-hydrogen) atoms. The first-order valence-corrected chi connectivity index (χ1v) is 10.5. The summed E-state index contributed by atoms with van der Waals surface area (Å²) >= 11 is 1.13. The number of amides is 1. The molecular weight excluding hydrogens is 427 g/mol. The van der Waals surface area contributed by atoms with Gasteiger partial charge in [-0.25, -0.2) is 14.5 Å². The molecule has 0 saturated carbocycles. The summed E-state index contributed by atoms with van der Waals surface area (Å²) in [7, 11) is 0. The predicted molar refractivity (Wildman–Crippen MR) is 123 cm³/mol. The van der Waals surface area contributed by atoms with Crippen molar-refractivity contribution in [2.24, 2.45) is 0 Å². The third-order valence-electron chi connectivity index (χ3n) is 4.89. The Kier molecular flexibility index (Phi) is 5.04. The molecule has 0 aliphatic heterocycles. The van der Waals surface area contributed by atoms with Gasteiger partial charge in [0, 0.05) is 11.1 Å². The van der Waals surface area contributed by atoms with Crippen LogP contribution in [0.5, 0.6) is 0 Å². The lowest BCUT2D eigenvalue weighted by molar-refractivity contribution is 0.102. The Morgan fingerprint density at radius 1 is 0.938 bits per heavy atom. The molecule has 8 heteroatoms. The maximum absolute atomic E-state index is 13.5. The second-order valence-electron chi connectivity index (χ2n) is 6.97. The molecular formula is C24H15FN4O2S. The molecule has 1 amide bonds. The summed E-state index contributed by atoms with van der Waals surface area (Å²) in [5.74, 6) is -1.01. The first kappa shape index (κ1) is 19.8. The van der Waals surface area contributed by atoms with Gasteiger partial charge in [-0.1, -0.05) is 72.0 Å². The molecule has 5 rings (SSSR count). The van der Waals surface area contributed by atoms with E-state index in [0.717, 1.165) is 16.9 Å². The van der Waals surface area contributed by atoms with Crippen molar-refractivity contribution in [1.82, 2.24) is 15.2 Å². The molecule has 0 spiro atoms. The van der Waals surface area contributed by atoms with E-state index in [0.29, 0.717) is 27.0 Å². The van der Waals surface area contributed by atoms with E-state index in [1.54, 1.807) is 6.07 Å². The number of hydrogen-bond acceptors (Lipinski definition) is 5. The highest BCUT2D eigenvalue weighted by Gasteiger charge is 2.23. The van der Waals surface area contributed by atoms with Crippen molar-refractivity contribution in [1.29, 1.82) is 0 Å². The van der Waals surface area contributed by atoms with E-state index >= 15 is 0 Å². The number of hydrogen-bond donors (Lipinski definition) is 2. The molecule has 6 nitrogen and oxygen atoms in total. The van der Waals surface area contributed by atoms with Crippen molar-refractivity contribution >= 4 is 32.6 Å². The maximum atomic E-state index is 13.5. The number of benzene rings is 3. The number of anilines is 1. The Bertz CT molecular complexity index is 1500. The van der Waals surface area contributed by atoms with Crippen molar-refractivity contribution in [3.8, 4) is 22.4 Å². The average Bonchev–Trinajstić information content (AvgIpc) is 3.21. The normalized spacial score (nSPS) is 10.9. The Morgan fingerprint density at radius 3 is 2.34 bits per heavy atom. The molecule has 0 saturated heterocycles. The van der Waals surface area contributed by atoms with Crippen LogP contribution < -0.4 is 10.9 Å². The predicted octanol–water partition coefficient (Wildman–Crippen LogP) is 5.11. The number of aromatic nitrogens is 3. The lowest BCUT2D eigenvalue weighted by Crippen LogP contribution is -2.26. The lowest BCUT2D eigenvalue weighted by Gasteiger charge is -2.13. The van der Waals surface area contributed by atoms with E-state index in [2.05, 4.69) is 20.5 Å². The summed E-state index contributed by atoms with van der Waals surface area (Å²) in [6, 6.07) is 22.7. The fourth-order valence-electron chi connectivity index (χ4n) is 3.47. The van der Waals surface area contributed by atoms with E-state index in [-0.39, 0.29) is 16.5 Å². The fraction of sp³-hybridized carbons (Fsp3) is 0. The number of carbonyl (C=O) groups is 1. The van der Waals surface area contributed by atoms with E-state index in [4.69, 9.17) is 0 Å². The number of thiazole rings is 1. The zero-order valence-electron chi connectivity index (χ0n) is 16.5. The molecule has 3 aromatic carbocycles. The summed E-state index contributed by atoms with van der Waals surface area (Å²) < 4.78 is 14.1. The number of carbonyl (C=O) groups excluding carboxylic acids is 1. The third kappa shape index (κ3) is 3.67. The van der Waals surface area contributed by atoms with E-state index in [1.807, 2.05) is 60.7 Å². The largest absolute Gasteiger partial charge is 0.298 e. The average molecular weight is 442 g/mol. The fourth-order valence-corrected chi connectivity index (χ4v) is 4.36. The van der Waals surface area contributed by atoms with E-state index in [1.165, 1.54) is 12.1 Å². The highest BCUT2D eigenvalue weighted by molar-refractivity contribution is 7.22. The Balaban J connectivity index is 1.65. The summed E-state index contributed by atoms with van der Waals surface area (Å²) in [5.41, 5.74) is 2.21. The van der Waals surface area contributed by atoms with Crippen LogP contribution in [0.4, 0.5) is 9.52 Å². The molecule has 0 atom stereocenters. The second-order valence-corrected chi connectivity index (χ2v) is 8.00. The van der Waals surface area contributed by atoms with Gasteiger partial charge in [0.1, 0.15) is 11.4 Å². The number of nitrogens with zero attached hydrogens (tertiary/aromatic N) is 2. The Morgan fingerprint density at radius 2 is 1.62 bits per heavy atom. The number of halogens is 1. The van der Waals surface area contributed by atoms with Gasteiger partial charge in [0.2, 0.25) is 0 Å². The quantitative estimate of drug-likeness (QED) is 0.405. The van der Waals surface area contributed by atoms with Crippen molar-refractivity contribution in [2.45, 2.75) is 0 Å². The van der Waals surface area contributed by atoms with Gasteiger partial charge in [0.05, 0.1) is 15.9 Å². The maximum Gasteiger partial charge on any atom is 0.277 e. The molecule has 2 aromatic heterocycles. The van der Waals surface area contributed by atoms with Crippen LogP contribution in [0.15, 0.2) is 83.7 Å². The van der Waals surface area contributed by atoms with Crippen molar-refractivity contribution < 1.29 is 9.18 Å². The molecule has 2 N–H and O–H groups in total. The van der Waals surface area contributed by atoms with Gasteiger partial charge in [-0.05, 0) is 23.8 Å². The molecule has 156 valence electrons. The standard InChI is InChI=1S/C24H15FN4O2S/c25-16-11-12-17-18(13-16)32-24(26-17)27-22(30)20-19(14-7-3-1-4-8-14)21(28-29-23(20)31)15-9-5-2-6-10-15/h1-13H,(H,29,31)(H,26,27,30). The van der Waals surface area contributed by atoms with Crippen LogP contribution in [0, 0.1) is 5.82 Å². The highest BCUT2D eigenvalue weighted by atomic mass is 32.1. The topological polar surface area (TPSA) is 87.7 Å². The molecule has 0 radical (unpaired) electrons. The van der Waals surface area contributed by atoms with Gasteiger partial charge in [-0.2, -0.15) is 5.10 Å². The van der Waals surface area contributed by atoms with Gasteiger partial charge in [0.15, 0.2) is 5.13 Å². The first-order chi connectivity index (χ1) is 15.6. The van der Waals surface area contributed by atoms with Crippen LogP contribution in [0.3, 0.4) is 0 Å². The Hall–Kier alpha value is -4.17. The minimum Gasteiger partial charge on any atom is -0.298 e. The van der Waals surface area contributed by atoms with Gasteiger partial charge in [0.25, 0.3) is 11.5 Å². The molecule has 0 aliphatic rings. The van der Waals surface area contributed by atoms with Crippen LogP contribution in [0.2, 0.25) is 0 Å². The third-order valence-corrected chi connectivity index (χ3v) is 5.82. The van der Waals surface area contributed by atoms with Gasteiger partial charge in [-0.3, -0.25) is 14.9 Å². The smallest absolute Gasteiger partial charge is 0.277 e. The second kappa shape index (κ2) is 8.16. The number of aromatic amines is 1. The summed E-state index contributed by atoms with van der Waals surface area (Å²) in [5, 5.41) is 9.66. The zero-order valence-corrected chi connectivity index (χ0v) is 17.3. The number of nitrogens with one attached hydrogen (secondary N) is 2. The number of rotatable bonds is 4. The van der Waals surface area contributed by atoms with E-state index < -0.39 is 11.5 Å².